The fourth-order valence-electron chi connectivity index (χ4n) is 2.31. The van der Waals surface area contributed by atoms with E-state index in [1.54, 1.807) is 23.3 Å². The Kier molecular flexibility index (Phi) is 4.19. The van der Waals surface area contributed by atoms with E-state index in [1.165, 1.54) is 0 Å². The Labute approximate surface area is 135 Å². The van der Waals surface area contributed by atoms with E-state index >= 15 is 0 Å². The molecule has 0 aliphatic heterocycles. The second kappa shape index (κ2) is 6.44. The number of rotatable bonds is 4. The van der Waals surface area contributed by atoms with Gasteiger partial charge in [0, 0.05) is 30.2 Å². The van der Waals surface area contributed by atoms with E-state index in [1.807, 2.05) is 56.3 Å². The van der Waals surface area contributed by atoms with Gasteiger partial charge in [-0.1, -0.05) is 18.2 Å². The summed E-state index contributed by atoms with van der Waals surface area (Å²) >= 11 is 0. The molecule has 2 heterocycles. The first-order valence-electron chi connectivity index (χ1n) is 7.51. The molecule has 0 saturated carbocycles. The molecule has 0 unspecified atom stereocenters. The number of pyridine rings is 1. The summed E-state index contributed by atoms with van der Waals surface area (Å²) < 4.78 is 1.72. The van der Waals surface area contributed by atoms with Crippen molar-refractivity contribution in [1.29, 1.82) is 0 Å². The van der Waals surface area contributed by atoms with Crippen molar-refractivity contribution in [3.8, 4) is 16.9 Å². The van der Waals surface area contributed by atoms with Crippen molar-refractivity contribution in [3.05, 3.63) is 66.6 Å². The molecule has 5 heteroatoms. The highest BCUT2D eigenvalue weighted by Gasteiger charge is 2.19. The number of hydrogen-bond donors (Lipinski definition) is 1. The zero-order chi connectivity index (χ0) is 16.2. The minimum Gasteiger partial charge on any atom is -0.350 e. The molecule has 0 spiro atoms. The Morgan fingerprint density at radius 2 is 1.91 bits per heavy atom. The highest BCUT2D eigenvalue weighted by molar-refractivity contribution is 6.00. The number of nitrogens with zero attached hydrogens (tertiary/aromatic N) is 3. The van der Waals surface area contributed by atoms with E-state index in [0.29, 0.717) is 11.3 Å². The zero-order valence-electron chi connectivity index (χ0n) is 13.1. The van der Waals surface area contributed by atoms with Crippen LogP contribution in [0.25, 0.3) is 16.9 Å². The van der Waals surface area contributed by atoms with Gasteiger partial charge in [-0.15, -0.1) is 0 Å². The summed E-state index contributed by atoms with van der Waals surface area (Å²) in [6.45, 7) is 3.87. The molecule has 3 rings (SSSR count). The lowest BCUT2D eigenvalue weighted by Crippen LogP contribution is -2.30. The van der Waals surface area contributed by atoms with Gasteiger partial charge in [-0.2, -0.15) is 5.10 Å². The van der Waals surface area contributed by atoms with Gasteiger partial charge in [0.25, 0.3) is 5.91 Å². The number of hydrogen-bond acceptors (Lipinski definition) is 3. The highest BCUT2D eigenvalue weighted by Crippen LogP contribution is 2.23. The van der Waals surface area contributed by atoms with Gasteiger partial charge in [-0.25, -0.2) is 4.68 Å². The molecule has 1 N–H and O–H groups in total. The number of benzene rings is 1. The molecule has 0 fully saturated rings. The number of para-hydroxylation sites is 1. The van der Waals surface area contributed by atoms with Crippen LogP contribution in [-0.4, -0.2) is 26.7 Å². The summed E-state index contributed by atoms with van der Waals surface area (Å²) in [5.74, 6) is -0.138. The van der Waals surface area contributed by atoms with Gasteiger partial charge in [0.15, 0.2) is 0 Å². The summed E-state index contributed by atoms with van der Waals surface area (Å²) in [5, 5.41) is 7.52. The number of amides is 1. The monoisotopic (exact) mass is 306 g/mol. The average Bonchev–Trinajstić information content (AvgIpc) is 3.01. The molecule has 0 bridgehead atoms. The van der Waals surface area contributed by atoms with E-state index in [0.717, 1.165) is 11.3 Å². The molecule has 1 amide bonds. The summed E-state index contributed by atoms with van der Waals surface area (Å²) in [7, 11) is 0. The molecule has 0 atom stereocenters. The van der Waals surface area contributed by atoms with Crippen LogP contribution < -0.4 is 5.32 Å². The van der Waals surface area contributed by atoms with E-state index in [-0.39, 0.29) is 11.9 Å². The lowest BCUT2D eigenvalue weighted by Gasteiger charge is -2.07. The van der Waals surface area contributed by atoms with Gasteiger partial charge in [-0.05, 0) is 38.1 Å². The minimum absolute atomic E-state index is 0.0596. The summed E-state index contributed by atoms with van der Waals surface area (Å²) in [6, 6.07) is 13.5. The largest absolute Gasteiger partial charge is 0.350 e. The summed E-state index contributed by atoms with van der Waals surface area (Å²) in [6.07, 6.45) is 5.17. The Balaban J connectivity index is 2.09. The van der Waals surface area contributed by atoms with Crippen LogP contribution in [0.15, 0.2) is 61.1 Å². The van der Waals surface area contributed by atoms with Gasteiger partial charge in [0.05, 0.1) is 11.3 Å². The Hall–Kier alpha value is -2.95. The molecule has 116 valence electrons. The predicted molar refractivity (Wildman–Crippen MR) is 89.4 cm³/mol. The number of nitrogens with one attached hydrogen (secondary N) is 1. The third-order valence-corrected chi connectivity index (χ3v) is 3.33. The first kappa shape index (κ1) is 15.0. The predicted octanol–water partition coefficient (Wildman–Crippen LogP) is 3.07. The fourth-order valence-corrected chi connectivity index (χ4v) is 2.31. The maximum absolute atomic E-state index is 12.5. The lowest BCUT2D eigenvalue weighted by molar-refractivity contribution is 0.0944. The molecule has 3 aromatic rings. The summed E-state index contributed by atoms with van der Waals surface area (Å²) in [5.41, 5.74) is 2.88. The molecule has 0 saturated heterocycles. The number of carbonyl (C=O) groups excluding carboxylic acids is 1. The quantitative estimate of drug-likeness (QED) is 0.806. The van der Waals surface area contributed by atoms with E-state index in [2.05, 4.69) is 15.4 Å². The molecule has 2 aromatic heterocycles. The Bertz CT molecular complexity index is 794. The molecule has 23 heavy (non-hydrogen) atoms. The lowest BCUT2D eigenvalue weighted by atomic mass is 10.1. The van der Waals surface area contributed by atoms with E-state index < -0.39 is 0 Å². The van der Waals surface area contributed by atoms with Crippen molar-refractivity contribution in [2.75, 3.05) is 0 Å². The van der Waals surface area contributed by atoms with Crippen LogP contribution in [0.2, 0.25) is 0 Å². The maximum atomic E-state index is 12.5. The Morgan fingerprint density at radius 1 is 1.13 bits per heavy atom. The number of carbonyl (C=O) groups is 1. The second-order valence-corrected chi connectivity index (χ2v) is 5.54. The van der Waals surface area contributed by atoms with Gasteiger partial charge < -0.3 is 5.32 Å². The van der Waals surface area contributed by atoms with Crippen molar-refractivity contribution in [2.45, 2.75) is 19.9 Å². The van der Waals surface area contributed by atoms with Crippen LogP contribution in [0, 0.1) is 0 Å². The molecule has 0 radical (unpaired) electrons. The van der Waals surface area contributed by atoms with E-state index in [4.69, 9.17) is 0 Å². The minimum atomic E-state index is -0.138. The molecule has 5 nitrogen and oxygen atoms in total. The molecule has 0 aliphatic rings. The van der Waals surface area contributed by atoms with Crippen molar-refractivity contribution in [3.63, 3.8) is 0 Å². The van der Waals surface area contributed by atoms with Crippen LogP contribution in [0.5, 0.6) is 0 Å². The first-order valence-corrected chi connectivity index (χ1v) is 7.51. The van der Waals surface area contributed by atoms with Crippen molar-refractivity contribution in [1.82, 2.24) is 20.1 Å². The molecular weight excluding hydrogens is 288 g/mol. The molecule has 0 aliphatic carbocycles. The van der Waals surface area contributed by atoms with Gasteiger partial charge in [0.2, 0.25) is 0 Å². The molecular formula is C18H18N4O. The number of aromatic nitrogens is 3. The van der Waals surface area contributed by atoms with Crippen LogP contribution in [0.4, 0.5) is 0 Å². The smallest absolute Gasteiger partial charge is 0.255 e. The van der Waals surface area contributed by atoms with Crippen LogP contribution in [0.1, 0.15) is 24.2 Å². The Morgan fingerprint density at radius 3 is 2.57 bits per heavy atom. The standard InChI is InChI=1S/C18H18N4O/c1-13(2)20-18(23)16-12-22(15-8-4-3-5-9-15)21-17(16)14-7-6-10-19-11-14/h3-13H,1-2H3,(H,20,23). The van der Waals surface area contributed by atoms with Crippen molar-refractivity contribution >= 4 is 5.91 Å². The van der Waals surface area contributed by atoms with Crippen molar-refractivity contribution in [2.24, 2.45) is 0 Å². The topological polar surface area (TPSA) is 59.8 Å². The molecule has 1 aromatic carbocycles. The van der Waals surface area contributed by atoms with Crippen LogP contribution in [-0.2, 0) is 0 Å². The fraction of sp³-hybridized carbons (Fsp3) is 0.167. The average molecular weight is 306 g/mol. The van der Waals surface area contributed by atoms with E-state index in [9.17, 15) is 4.79 Å². The third-order valence-electron chi connectivity index (χ3n) is 3.33. The maximum Gasteiger partial charge on any atom is 0.255 e. The van der Waals surface area contributed by atoms with Crippen molar-refractivity contribution < 1.29 is 4.79 Å². The van der Waals surface area contributed by atoms with Gasteiger partial charge in [-0.3, -0.25) is 9.78 Å². The zero-order valence-corrected chi connectivity index (χ0v) is 13.1. The third kappa shape index (κ3) is 3.29. The highest BCUT2D eigenvalue weighted by atomic mass is 16.1. The van der Waals surface area contributed by atoms with Gasteiger partial charge in [0.1, 0.15) is 5.69 Å². The SMILES string of the molecule is CC(C)NC(=O)c1cn(-c2ccccc2)nc1-c1cccnc1. The van der Waals surface area contributed by atoms with Gasteiger partial charge >= 0.3 is 0 Å². The summed E-state index contributed by atoms with van der Waals surface area (Å²) in [4.78, 5) is 16.6. The second-order valence-electron chi connectivity index (χ2n) is 5.54. The first-order chi connectivity index (χ1) is 11.1. The van der Waals surface area contributed by atoms with Crippen LogP contribution in [0.3, 0.4) is 0 Å². The van der Waals surface area contributed by atoms with Crippen LogP contribution >= 0.6 is 0 Å². The normalized spacial score (nSPS) is 10.7.